The number of hydrogen-bond acceptors (Lipinski definition) is 4. The number of aromatic nitrogens is 1. The van der Waals surface area contributed by atoms with E-state index in [1.165, 1.54) is 0 Å². The number of amides is 2. The summed E-state index contributed by atoms with van der Waals surface area (Å²) in [6.45, 7) is 8.59. The number of nitrogens with one attached hydrogen (secondary N) is 2. The van der Waals surface area contributed by atoms with Crippen molar-refractivity contribution in [2.75, 3.05) is 25.5 Å². The first-order chi connectivity index (χ1) is 10.6. The SMILES string of the molecule is CC(C)C(O)C(C)(C)CNC(=O)NCc1cccc(N(C)C)n1. The van der Waals surface area contributed by atoms with Gasteiger partial charge in [0.15, 0.2) is 0 Å². The van der Waals surface area contributed by atoms with Gasteiger partial charge in [-0.15, -0.1) is 0 Å². The van der Waals surface area contributed by atoms with Crippen LogP contribution in [0.2, 0.25) is 0 Å². The van der Waals surface area contributed by atoms with Gasteiger partial charge in [-0.3, -0.25) is 0 Å². The molecule has 0 aliphatic carbocycles. The van der Waals surface area contributed by atoms with Crippen LogP contribution < -0.4 is 15.5 Å². The van der Waals surface area contributed by atoms with Gasteiger partial charge in [0.05, 0.1) is 18.3 Å². The van der Waals surface area contributed by atoms with Crippen molar-refractivity contribution in [1.29, 1.82) is 0 Å². The molecule has 0 bridgehead atoms. The molecule has 0 saturated heterocycles. The van der Waals surface area contributed by atoms with Crippen molar-refractivity contribution in [1.82, 2.24) is 15.6 Å². The van der Waals surface area contributed by atoms with E-state index in [0.29, 0.717) is 13.1 Å². The third kappa shape index (κ3) is 6.06. The normalized spacial score (nSPS) is 12.9. The summed E-state index contributed by atoms with van der Waals surface area (Å²) in [6, 6.07) is 5.45. The van der Waals surface area contributed by atoms with E-state index in [9.17, 15) is 9.90 Å². The predicted molar refractivity (Wildman–Crippen MR) is 93.4 cm³/mol. The largest absolute Gasteiger partial charge is 0.392 e. The van der Waals surface area contributed by atoms with E-state index in [0.717, 1.165) is 11.5 Å². The molecule has 130 valence electrons. The molecule has 0 aromatic carbocycles. The fourth-order valence-corrected chi connectivity index (χ4v) is 2.36. The first kappa shape index (κ1) is 19.2. The molecular weight excluding hydrogens is 292 g/mol. The molecule has 6 nitrogen and oxygen atoms in total. The first-order valence-electron chi connectivity index (χ1n) is 7.96. The lowest BCUT2D eigenvalue weighted by Crippen LogP contribution is -2.46. The number of nitrogens with zero attached hydrogens (tertiary/aromatic N) is 2. The van der Waals surface area contributed by atoms with Gasteiger partial charge in [-0.2, -0.15) is 0 Å². The summed E-state index contributed by atoms with van der Waals surface area (Å²) in [7, 11) is 3.85. The highest BCUT2D eigenvalue weighted by atomic mass is 16.3. The van der Waals surface area contributed by atoms with Gasteiger partial charge in [-0.25, -0.2) is 9.78 Å². The molecule has 1 unspecified atom stereocenters. The molecule has 0 fully saturated rings. The number of rotatable bonds is 7. The molecule has 1 aromatic rings. The van der Waals surface area contributed by atoms with E-state index in [-0.39, 0.29) is 17.4 Å². The van der Waals surface area contributed by atoms with Crippen LogP contribution in [-0.2, 0) is 6.54 Å². The fraction of sp³-hybridized carbons (Fsp3) is 0.647. The zero-order chi connectivity index (χ0) is 17.6. The Morgan fingerprint density at radius 3 is 2.52 bits per heavy atom. The first-order valence-corrected chi connectivity index (χ1v) is 7.96. The molecule has 0 aliphatic heterocycles. The van der Waals surface area contributed by atoms with Crippen LogP contribution in [-0.4, -0.2) is 42.9 Å². The maximum atomic E-state index is 11.9. The zero-order valence-corrected chi connectivity index (χ0v) is 15.1. The molecule has 1 heterocycles. The standard InChI is InChI=1S/C17H30N4O2/c1-12(2)15(22)17(3,4)11-19-16(23)18-10-13-8-7-9-14(20-13)21(5)6/h7-9,12,15,22H,10-11H2,1-6H3,(H2,18,19,23). The van der Waals surface area contributed by atoms with Crippen molar-refractivity contribution in [2.45, 2.75) is 40.3 Å². The lowest BCUT2D eigenvalue weighted by atomic mass is 9.81. The Morgan fingerprint density at radius 2 is 1.96 bits per heavy atom. The Balaban J connectivity index is 2.47. The second-order valence-corrected chi connectivity index (χ2v) is 7.10. The molecule has 0 saturated carbocycles. The molecule has 2 amide bonds. The molecule has 0 aliphatic rings. The smallest absolute Gasteiger partial charge is 0.315 e. The lowest BCUT2D eigenvalue weighted by Gasteiger charge is -2.33. The van der Waals surface area contributed by atoms with Gasteiger partial charge in [0.2, 0.25) is 0 Å². The minimum atomic E-state index is -0.471. The van der Waals surface area contributed by atoms with Crippen LogP contribution in [0, 0.1) is 11.3 Å². The Bertz CT molecular complexity index is 515. The summed E-state index contributed by atoms with van der Waals surface area (Å²) < 4.78 is 0. The van der Waals surface area contributed by atoms with Gasteiger partial charge in [0.25, 0.3) is 0 Å². The van der Waals surface area contributed by atoms with Crippen LogP contribution in [0.3, 0.4) is 0 Å². The minimum Gasteiger partial charge on any atom is -0.392 e. The van der Waals surface area contributed by atoms with Crippen molar-refractivity contribution < 1.29 is 9.90 Å². The summed E-state index contributed by atoms with van der Waals surface area (Å²) in [5.74, 6) is 0.999. The monoisotopic (exact) mass is 322 g/mol. The predicted octanol–water partition coefficient (Wildman–Crippen LogP) is 1.99. The molecule has 1 rings (SSSR count). The van der Waals surface area contributed by atoms with E-state index >= 15 is 0 Å². The van der Waals surface area contributed by atoms with Crippen molar-refractivity contribution in [2.24, 2.45) is 11.3 Å². The molecule has 1 aromatic heterocycles. The van der Waals surface area contributed by atoms with E-state index < -0.39 is 6.10 Å². The maximum Gasteiger partial charge on any atom is 0.315 e. The van der Waals surface area contributed by atoms with Gasteiger partial charge in [0.1, 0.15) is 5.82 Å². The Hall–Kier alpha value is -1.82. The van der Waals surface area contributed by atoms with Crippen LogP contribution in [0.1, 0.15) is 33.4 Å². The van der Waals surface area contributed by atoms with Crippen LogP contribution in [0.25, 0.3) is 0 Å². The third-order valence-corrected chi connectivity index (χ3v) is 3.82. The highest BCUT2D eigenvalue weighted by Crippen LogP contribution is 2.24. The molecule has 6 heteroatoms. The van der Waals surface area contributed by atoms with E-state index in [1.807, 2.05) is 64.9 Å². The van der Waals surface area contributed by atoms with E-state index in [2.05, 4.69) is 15.6 Å². The van der Waals surface area contributed by atoms with Crippen LogP contribution in [0.4, 0.5) is 10.6 Å². The highest BCUT2D eigenvalue weighted by Gasteiger charge is 2.30. The Labute approximate surface area is 139 Å². The summed E-state index contributed by atoms with van der Waals surface area (Å²) in [4.78, 5) is 18.3. The van der Waals surface area contributed by atoms with E-state index in [1.54, 1.807) is 0 Å². The number of hydrogen-bond donors (Lipinski definition) is 3. The zero-order valence-electron chi connectivity index (χ0n) is 15.1. The van der Waals surface area contributed by atoms with Crippen LogP contribution >= 0.6 is 0 Å². The van der Waals surface area contributed by atoms with Crippen molar-refractivity contribution in [3.05, 3.63) is 23.9 Å². The molecule has 0 spiro atoms. The van der Waals surface area contributed by atoms with Gasteiger partial charge < -0.3 is 20.6 Å². The van der Waals surface area contributed by atoms with Crippen LogP contribution in [0.5, 0.6) is 0 Å². The molecule has 23 heavy (non-hydrogen) atoms. The van der Waals surface area contributed by atoms with Crippen molar-refractivity contribution >= 4 is 11.8 Å². The third-order valence-electron chi connectivity index (χ3n) is 3.82. The summed E-state index contributed by atoms with van der Waals surface area (Å²) in [5.41, 5.74) is 0.419. The number of carbonyl (C=O) groups excluding carboxylic acids is 1. The van der Waals surface area contributed by atoms with Crippen LogP contribution in [0.15, 0.2) is 18.2 Å². The number of carbonyl (C=O) groups is 1. The number of urea groups is 1. The topological polar surface area (TPSA) is 77.5 Å². The molecular formula is C17H30N4O2. The number of aliphatic hydroxyl groups is 1. The Morgan fingerprint density at radius 1 is 1.30 bits per heavy atom. The summed E-state index contributed by atoms with van der Waals surface area (Å²) >= 11 is 0. The molecule has 0 radical (unpaired) electrons. The maximum absolute atomic E-state index is 11.9. The quantitative estimate of drug-likeness (QED) is 0.717. The summed E-state index contributed by atoms with van der Waals surface area (Å²) in [6.07, 6.45) is -0.471. The number of aliphatic hydroxyl groups excluding tert-OH is 1. The highest BCUT2D eigenvalue weighted by molar-refractivity contribution is 5.73. The average molecular weight is 322 g/mol. The molecule has 3 N–H and O–H groups in total. The number of anilines is 1. The van der Waals surface area contributed by atoms with Gasteiger partial charge in [-0.05, 0) is 18.1 Å². The van der Waals surface area contributed by atoms with Crippen molar-refractivity contribution in [3.63, 3.8) is 0 Å². The van der Waals surface area contributed by atoms with Crippen molar-refractivity contribution in [3.8, 4) is 0 Å². The fourth-order valence-electron chi connectivity index (χ4n) is 2.36. The van der Waals surface area contributed by atoms with Gasteiger partial charge in [-0.1, -0.05) is 33.8 Å². The van der Waals surface area contributed by atoms with Gasteiger partial charge >= 0.3 is 6.03 Å². The second-order valence-electron chi connectivity index (χ2n) is 7.10. The van der Waals surface area contributed by atoms with E-state index in [4.69, 9.17) is 0 Å². The van der Waals surface area contributed by atoms with Gasteiger partial charge in [0, 0.05) is 26.1 Å². The average Bonchev–Trinajstić information content (AvgIpc) is 2.50. The Kier molecular flexibility index (Phi) is 6.81. The second kappa shape index (κ2) is 8.15. The number of pyridine rings is 1. The minimum absolute atomic E-state index is 0.146. The lowest BCUT2D eigenvalue weighted by molar-refractivity contribution is 0.0151. The molecule has 1 atom stereocenters. The summed E-state index contributed by atoms with van der Waals surface area (Å²) in [5, 5.41) is 15.8.